The van der Waals surface area contributed by atoms with E-state index in [1.807, 2.05) is 6.07 Å². The number of rotatable bonds is 2. The first kappa shape index (κ1) is 11.2. The lowest BCUT2D eigenvalue weighted by Crippen LogP contribution is -2.04. The van der Waals surface area contributed by atoms with Gasteiger partial charge in [0.05, 0.1) is 21.3 Å². The topological polar surface area (TPSA) is 67.8 Å². The van der Waals surface area contributed by atoms with Crippen LogP contribution in [-0.2, 0) is 4.79 Å². The molecule has 7 heteroatoms. The molecule has 0 saturated heterocycles. The minimum absolute atomic E-state index is 0.121. The molecular formula is C11H8N4OS2. The van der Waals surface area contributed by atoms with Crippen molar-refractivity contribution in [2.45, 2.75) is 6.92 Å². The zero-order chi connectivity index (χ0) is 12.5. The number of aromatic nitrogens is 3. The van der Waals surface area contributed by atoms with Crippen LogP contribution in [0.15, 0.2) is 24.7 Å². The van der Waals surface area contributed by atoms with Crippen molar-refractivity contribution in [2.75, 3.05) is 5.32 Å². The number of nitrogens with zero attached hydrogens (tertiary/aromatic N) is 3. The molecule has 0 aliphatic carbocycles. The van der Waals surface area contributed by atoms with Crippen molar-refractivity contribution in [1.82, 2.24) is 15.0 Å². The third kappa shape index (κ3) is 2.09. The zero-order valence-corrected chi connectivity index (χ0v) is 11.0. The molecule has 0 bridgehead atoms. The molecule has 90 valence electrons. The molecule has 3 aromatic rings. The summed E-state index contributed by atoms with van der Waals surface area (Å²) in [5.41, 5.74) is 0.930. The van der Waals surface area contributed by atoms with E-state index >= 15 is 0 Å². The minimum Gasteiger partial charge on any atom is -0.302 e. The number of anilines is 1. The van der Waals surface area contributed by atoms with Crippen molar-refractivity contribution in [1.29, 1.82) is 0 Å². The van der Waals surface area contributed by atoms with Gasteiger partial charge in [-0.3, -0.25) is 9.78 Å². The Labute approximate surface area is 111 Å². The summed E-state index contributed by atoms with van der Waals surface area (Å²) < 4.78 is 1.04. The fraction of sp³-hybridized carbons (Fsp3) is 0.0909. The number of amides is 1. The molecule has 0 spiro atoms. The average molecular weight is 276 g/mol. The summed E-state index contributed by atoms with van der Waals surface area (Å²) in [7, 11) is 0. The maximum absolute atomic E-state index is 10.9. The normalized spacial score (nSPS) is 10.7. The number of carbonyl (C=O) groups excluding carboxylic acids is 1. The number of nitrogens with one attached hydrogen (secondary N) is 1. The number of hydrogen-bond donors (Lipinski definition) is 1. The van der Waals surface area contributed by atoms with Gasteiger partial charge in [-0.1, -0.05) is 11.3 Å². The van der Waals surface area contributed by atoms with Crippen LogP contribution >= 0.6 is 22.7 Å². The molecule has 0 unspecified atom stereocenters. The highest BCUT2D eigenvalue weighted by molar-refractivity contribution is 7.26. The van der Waals surface area contributed by atoms with Crippen molar-refractivity contribution in [3.05, 3.63) is 24.7 Å². The molecule has 1 N–H and O–H groups in total. The van der Waals surface area contributed by atoms with Gasteiger partial charge in [0.15, 0.2) is 5.13 Å². The van der Waals surface area contributed by atoms with Crippen LogP contribution in [0.25, 0.3) is 20.1 Å². The van der Waals surface area contributed by atoms with Gasteiger partial charge in [-0.2, -0.15) is 0 Å². The maximum Gasteiger partial charge on any atom is 0.223 e. The number of fused-ring (bicyclic) bond motifs is 1. The van der Waals surface area contributed by atoms with E-state index in [0.717, 1.165) is 20.1 Å². The molecule has 3 heterocycles. The highest BCUT2D eigenvalue weighted by Gasteiger charge is 2.10. The van der Waals surface area contributed by atoms with Gasteiger partial charge < -0.3 is 5.32 Å². The molecule has 3 aromatic heterocycles. The van der Waals surface area contributed by atoms with Crippen LogP contribution in [0.2, 0.25) is 0 Å². The molecule has 5 nitrogen and oxygen atoms in total. The van der Waals surface area contributed by atoms with Crippen molar-refractivity contribution in [2.24, 2.45) is 0 Å². The predicted octanol–water partition coefficient (Wildman–Crippen LogP) is 2.77. The number of pyridine rings is 1. The first-order valence-corrected chi connectivity index (χ1v) is 6.80. The van der Waals surface area contributed by atoms with Crippen LogP contribution in [-0.4, -0.2) is 20.9 Å². The lowest BCUT2D eigenvalue weighted by Gasteiger charge is -1.92. The molecule has 3 rings (SSSR count). The molecular weight excluding hydrogens is 268 g/mol. The largest absolute Gasteiger partial charge is 0.302 e. The van der Waals surface area contributed by atoms with Crippen LogP contribution < -0.4 is 5.32 Å². The van der Waals surface area contributed by atoms with E-state index in [0.29, 0.717) is 5.13 Å². The monoisotopic (exact) mass is 276 g/mol. The molecule has 0 aromatic carbocycles. The molecule has 0 aliphatic heterocycles. The van der Waals surface area contributed by atoms with Gasteiger partial charge in [0.25, 0.3) is 0 Å². The van der Waals surface area contributed by atoms with E-state index in [1.54, 1.807) is 29.9 Å². The fourth-order valence-electron chi connectivity index (χ4n) is 1.47. The van der Waals surface area contributed by atoms with Crippen molar-refractivity contribution in [3.8, 4) is 9.88 Å². The standard InChI is InChI=1S/C11H8N4OS2/c1-6(16)14-11-13-5-9(18-11)10-15-7-2-3-12-4-8(7)17-10/h2-5H,1H3,(H,13,14,16). The Kier molecular flexibility index (Phi) is 2.77. The highest BCUT2D eigenvalue weighted by Crippen LogP contribution is 2.34. The first-order chi connectivity index (χ1) is 8.72. The van der Waals surface area contributed by atoms with E-state index in [-0.39, 0.29) is 5.91 Å². The number of thiazole rings is 2. The molecule has 0 fully saturated rings. The fourth-order valence-corrected chi connectivity index (χ4v) is 3.30. The highest BCUT2D eigenvalue weighted by atomic mass is 32.1. The lowest BCUT2D eigenvalue weighted by molar-refractivity contribution is -0.114. The van der Waals surface area contributed by atoms with Crippen LogP contribution in [0.3, 0.4) is 0 Å². The Morgan fingerprint density at radius 2 is 2.22 bits per heavy atom. The SMILES string of the molecule is CC(=O)Nc1ncc(-c2nc3ccncc3s2)s1. The van der Waals surface area contributed by atoms with Gasteiger partial charge in [-0.05, 0) is 6.07 Å². The van der Waals surface area contributed by atoms with Crippen molar-refractivity contribution in [3.63, 3.8) is 0 Å². The Morgan fingerprint density at radius 1 is 1.33 bits per heavy atom. The van der Waals surface area contributed by atoms with Crippen LogP contribution in [0.5, 0.6) is 0 Å². The Balaban J connectivity index is 1.98. The summed E-state index contributed by atoms with van der Waals surface area (Å²) in [4.78, 5) is 24.6. The second kappa shape index (κ2) is 4.43. The Bertz CT molecular complexity index is 685. The summed E-state index contributed by atoms with van der Waals surface area (Å²) in [6.07, 6.45) is 5.24. The summed E-state index contributed by atoms with van der Waals surface area (Å²) in [6.45, 7) is 1.46. The van der Waals surface area contributed by atoms with Gasteiger partial charge in [0.2, 0.25) is 5.91 Å². The average Bonchev–Trinajstić information content (AvgIpc) is 2.93. The summed E-state index contributed by atoms with van der Waals surface area (Å²) in [6, 6.07) is 1.88. The summed E-state index contributed by atoms with van der Waals surface area (Å²) >= 11 is 2.98. The third-order valence-electron chi connectivity index (χ3n) is 2.19. The zero-order valence-electron chi connectivity index (χ0n) is 9.38. The van der Waals surface area contributed by atoms with E-state index in [4.69, 9.17) is 0 Å². The second-order valence-electron chi connectivity index (χ2n) is 3.57. The van der Waals surface area contributed by atoms with Crippen LogP contribution in [0, 0.1) is 0 Å². The molecule has 0 radical (unpaired) electrons. The van der Waals surface area contributed by atoms with Crippen LogP contribution in [0.4, 0.5) is 5.13 Å². The van der Waals surface area contributed by atoms with Gasteiger partial charge in [0.1, 0.15) is 5.01 Å². The first-order valence-electron chi connectivity index (χ1n) is 5.17. The summed E-state index contributed by atoms with van der Waals surface area (Å²) in [5.74, 6) is -0.121. The Morgan fingerprint density at radius 3 is 3.00 bits per heavy atom. The third-order valence-corrected chi connectivity index (χ3v) is 4.28. The van der Waals surface area contributed by atoms with Gasteiger partial charge in [-0.15, -0.1) is 11.3 Å². The number of carbonyl (C=O) groups is 1. The minimum atomic E-state index is -0.121. The molecule has 0 atom stereocenters. The molecule has 0 aliphatic rings. The van der Waals surface area contributed by atoms with E-state index in [9.17, 15) is 4.79 Å². The predicted molar refractivity (Wildman–Crippen MR) is 72.8 cm³/mol. The summed E-state index contributed by atoms with van der Waals surface area (Å²) in [5, 5.41) is 4.15. The Hall–Kier alpha value is -1.86. The molecule has 0 saturated carbocycles. The molecule has 1 amide bonds. The van der Waals surface area contributed by atoms with E-state index in [2.05, 4.69) is 20.3 Å². The van der Waals surface area contributed by atoms with Crippen molar-refractivity contribution >= 4 is 43.9 Å². The number of hydrogen-bond acceptors (Lipinski definition) is 6. The van der Waals surface area contributed by atoms with E-state index < -0.39 is 0 Å². The quantitative estimate of drug-likeness (QED) is 0.781. The van der Waals surface area contributed by atoms with E-state index in [1.165, 1.54) is 18.3 Å². The van der Waals surface area contributed by atoms with Gasteiger partial charge in [0, 0.05) is 19.3 Å². The maximum atomic E-state index is 10.9. The van der Waals surface area contributed by atoms with Gasteiger partial charge >= 0.3 is 0 Å². The van der Waals surface area contributed by atoms with Gasteiger partial charge in [-0.25, -0.2) is 9.97 Å². The van der Waals surface area contributed by atoms with Crippen molar-refractivity contribution < 1.29 is 4.79 Å². The van der Waals surface area contributed by atoms with Crippen LogP contribution in [0.1, 0.15) is 6.92 Å². The smallest absolute Gasteiger partial charge is 0.223 e. The second-order valence-corrected chi connectivity index (χ2v) is 5.63. The molecule has 18 heavy (non-hydrogen) atoms. The lowest BCUT2D eigenvalue weighted by atomic mass is 10.4.